The number of carbonyl (C=O) groups is 1. The molecule has 0 atom stereocenters. The highest BCUT2D eigenvalue weighted by molar-refractivity contribution is 6.31. The maximum Gasteiger partial charge on any atom is 0.339 e. The molecule has 0 aliphatic heterocycles. The number of phenols is 2. The number of hydrogen-bond acceptors (Lipinski definition) is 4. The Morgan fingerprint density at radius 3 is 2.52 bits per heavy atom. The van der Waals surface area contributed by atoms with Crippen LogP contribution in [0.5, 0.6) is 11.5 Å². The Kier molecular flexibility index (Phi) is 4.23. The van der Waals surface area contributed by atoms with Crippen LogP contribution >= 0.6 is 11.6 Å². The van der Waals surface area contributed by atoms with Gasteiger partial charge in [0.25, 0.3) is 0 Å². The minimum absolute atomic E-state index is 0.0129. The van der Waals surface area contributed by atoms with Crippen molar-refractivity contribution in [3.05, 3.63) is 40.9 Å². The van der Waals surface area contributed by atoms with Crippen LogP contribution in [0, 0.1) is 0 Å². The van der Waals surface area contributed by atoms with Crippen LogP contribution in [-0.4, -0.2) is 27.8 Å². The molecular weight excluding hydrogens is 294 g/mol. The Morgan fingerprint density at radius 1 is 1.19 bits per heavy atom. The van der Waals surface area contributed by atoms with Gasteiger partial charge in [0, 0.05) is 22.7 Å². The van der Waals surface area contributed by atoms with Crippen molar-refractivity contribution < 1.29 is 20.1 Å². The Hall–Kier alpha value is -2.40. The summed E-state index contributed by atoms with van der Waals surface area (Å²) in [6.45, 7) is 2.29. The molecule has 0 bridgehead atoms. The van der Waals surface area contributed by atoms with Crippen LogP contribution in [-0.2, 0) is 0 Å². The third kappa shape index (κ3) is 2.87. The fourth-order valence-corrected chi connectivity index (χ4v) is 2.24. The monoisotopic (exact) mass is 307 g/mol. The molecule has 0 saturated heterocycles. The lowest BCUT2D eigenvalue weighted by Crippen LogP contribution is -2.04. The van der Waals surface area contributed by atoms with E-state index in [1.165, 1.54) is 18.2 Å². The third-order valence-electron chi connectivity index (χ3n) is 3.01. The van der Waals surface area contributed by atoms with Gasteiger partial charge in [0.2, 0.25) is 0 Å². The largest absolute Gasteiger partial charge is 0.507 e. The molecular formula is C15H14ClNO4. The average Bonchev–Trinajstić information content (AvgIpc) is 2.43. The number of hydrogen-bond donors (Lipinski definition) is 4. The van der Waals surface area contributed by atoms with Crippen LogP contribution in [0.25, 0.3) is 11.1 Å². The lowest BCUT2D eigenvalue weighted by atomic mass is 9.99. The van der Waals surface area contributed by atoms with Crippen LogP contribution in [0.3, 0.4) is 0 Å². The van der Waals surface area contributed by atoms with E-state index in [1.807, 2.05) is 6.92 Å². The summed E-state index contributed by atoms with van der Waals surface area (Å²) in [4.78, 5) is 11.1. The molecule has 0 amide bonds. The molecule has 110 valence electrons. The molecule has 21 heavy (non-hydrogen) atoms. The van der Waals surface area contributed by atoms with Crippen molar-refractivity contribution in [1.82, 2.24) is 0 Å². The predicted octanol–water partition coefficient (Wildman–Crippen LogP) is 3.55. The first-order valence-electron chi connectivity index (χ1n) is 6.27. The third-order valence-corrected chi connectivity index (χ3v) is 3.25. The van der Waals surface area contributed by atoms with Crippen molar-refractivity contribution in [2.24, 2.45) is 0 Å². The first-order chi connectivity index (χ1) is 9.95. The van der Waals surface area contributed by atoms with Gasteiger partial charge in [-0.25, -0.2) is 4.79 Å². The Bertz CT molecular complexity index is 700. The van der Waals surface area contributed by atoms with Gasteiger partial charge in [-0.15, -0.1) is 0 Å². The van der Waals surface area contributed by atoms with E-state index in [2.05, 4.69) is 5.32 Å². The van der Waals surface area contributed by atoms with Gasteiger partial charge in [0.15, 0.2) is 5.75 Å². The number of carboxylic acid groups (broad SMARTS) is 1. The van der Waals surface area contributed by atoms with Crippen LogP contribution in [0.1, 0.15) is 17.3 Å². The predicted molar refractivity (Wildman–Crippen MR) is 81.3 cm³/mol. The average molecular weight is 308 g/mol. The van der Waals surface area contributed by atoms with Crippen molar-refractivity contribution in [3.63, 3.8) is 0 Å². The van der Waals surface area contributed by atoms with Crippen molar-refractivity contribution in [1.29, 1.82) is 0 Å². The van der Waals surface area contributed by atoms with Crippen molar-refractivity contribution in [3.8, 4) is 22.6 Å². The molecule has 0 unspecified atom stereocenters. The first kappa shape index (κ1) is 15.0. The van der Waals surface area contributed by atoms with Gasteiger partial charge in [-0.1, -0.05) is 17.7 Å². The zero-order valence-electron chi connectivity index (χ0n) is 11.2. The van der Waals surface area contributed by atoms with E-state index < -0.39 is 5.97 Å². The van der Waals surface area contributed by atoms with E-state index in [-0.39, 0.29) is 22.7 Å². The lowest BCUT2D eigenvalue weighted by Gasteiger charge is -2.15. The highest BCUT2D eigenvalue weighted by Gasteiger charge is 2.19. The SMILES string of the molecule is CCNc1c(-c2cc(Cl)ccc2O)ccc(C(=O)O)c1O. The van der Waals surface area contributed by atoms with Crippen LogP contribution in [0.4, 0.5) is 5.69 Å². The number of anilines is 1. The molecule has 6 heteroatoms. The summed E-state index contributed by atoms with van der Waals surface area (Å²) in [6, 6.07) is 7.34. The maximum atomic E-state index is 11.1. The molecule has 0 aliphatic rings. The fraction of sp³-hybridized carbons (Fsp3) is 0.133. The number of benzene rings is 2. The van der Waals surface area contributed by atoms with E-state index >= 15 is 0 Å². The van der Waals surface area contributed by atoms with E-state index in [1.54, 1.807) is 12.1 Å². The lowest BCUT2D eigenvalue weighted by molar-refractivity contribution is 0.0694. The topological polar surface area (TPSA) is 89.8 Å². The van der Waals surface area contributed by atoms with Gasteiger partial charge in [0.05, 0.1) is 5.69 Å². The van der Waals surface area contributed by atoms with E-state index in [0.29, 0.717) is 22.7 Å². The summed E-state index contributed by atoms with van der Waals surface area (Å²) < 4.78 is 0. The Morgan fingerprint density at radius 2 is 1.90 bits per heavy atom. The molecule has 0 fully saturated rings. The van der Waals surface area contributed by atoms with E-state index in [9.17, 15) is 15.0 Å². The quantitative estimate of drug-likeness (QED) is 0.649. The minimum atomic E-state index is -1.23. The summed E-state index contributed by atoms with van der Waals surface area (Å²) in [6.07, 6.45) is 0. The number of phenolic OH excluding ortho intramolecular Hbond substituents is 1. The molecule has 0 radical (unpaired) electrons. The molecule has 5 nitrogen and oxygen atoms in total. The summed E-state index contributed by atoms with van der Waals surface area (Å²) in [7, 11) is 0. The standard InChI is InChI=1S/C15H14ClNO4/c1-2-17-13-9(4-5-10(14(13)19)15(20)21)11-7-8(16)3-6-12(11)18/h3-7,17-19H,2H2,1H3,(H,20,21). The Balaban J connectivity index is 2.71. The smallest absolute Gasteiger partial charge is 0.339 e. The van der Waals surface area contributed by atoms with Crippen LogP contribution in [0.2, 0.25) is 5.02 Å². The molecule has 0 aliphatic carbocycles. The molecule has 0 spiro atoms. The van der Waals surface area contributed by atoms with Crippen LogP contribution < -0.4 is 5.32 Å². The number of halogens is 1. The van der Waals surface area contributed by atoms with Crippen molar-refractivity contribution in [2.45, 2.75) is 6.92 Å². The maximum absolute atomic E-state index is 11.1. The summed E-state index contributed by atoms with van der Waals surface area (Å²) in [5, 5.41) is 32.5. The highest BCUT2D eigenvalue weighted by atomic mass is 35.5. The van der Waals surface area contributed by atoms with E-state index in [0.717, 1.165) is 0 Å². The molecule has 2 rings (SSSR count). The van der Waals surface area contributed by atoms with Crippen LogP contribution in [0.15, 0.2) is 30.3 Å². The van der Waals surface area contributed by atoms with Gasteiger partial charge < -0.3 is 20.6 Å². The molecule has 2 aromatic rings. The van der Waals surface area contributed by atoms with Gasteiger partial charge in [0.1, 0.15) is 11.3 Å². The molecule has 4 N–H and O–H groups in total. The zero-order chi connectivity index (χ0) is 15.6. The fourth-order valence-electron chi connectivity index (χ4n) is 2.07. The van der Waals surface area contributed by atoms with Gasteiger partial charge in [-0.2, -0.15) is 0 Å². The van der Waals surface area contributed by atoms with E-state index in [4.69, 9.17) is 16.7 Å². The van der Waals surface area contributed by atoms with Crippen molar-refractivity contribution in [2.75, 3.05) is 11.9 Å². The number of aromatic hydroxyl groups is 2. The second-order valence-corrected chi connectivity index (χ2v) is 4.82. The summed E-state index contributed by atoms with van der Waals surface area (Å²) >= 11 is 5.93. The first-order valence-corrected chi connectivity index (χ1v) is 6.65. The van der Waals surface area contributed by atoms with Gasteiger partial charge in [-0.3, -0.25) is 0 Å². The summed E-state index contributed by atoms with van der Waals surface area (Å²) in [5.74, 6) is -1.62. The minimum Gasteiger partial charge on any atom is -0.507 e. The summed E-state index contributed by atoms with van der Waals surface area (Å²) in [5.41, 5.74) is 0.913. The number of carboxylic acids is 1. The number of rotatable bonds is 4. The second kappa shape index (κ2) is 5.93. The molecule has 0 aromatic heterocycles. The molecule has 0 heterocycles. The Labute approximate surface area is 126 Å². The number of nitrogens with one attached hydrogen (secondary N) is 1. The highest BCUT2D eigenvalue weighted by Crippen LogP contribution is 2.41. The van der Waals surface area contributed by atoms with Gasteiger partial charge in [-0.05, 0) is 31.2 Å². The zero-order valence-corrected chi connectivity index (χ0v) is 12.0. The molecule has 0 saturated carbocycles. The van der Waals surface area contributed by atoms with Gasteiger partial charge >= 0.3 is 5.97 Å². The second-order valence-electron chi connectivity index (χ2n) is 4.38. The van der Waals surface area contributed by atoms with Crippen molar-refractivity contribution >= 4 is 23.3 Å². The molecule has 2 aromatic carbocycles. The normalized spacial score (nSPS) is 10.4. The number of aromatic carboxylic acids is 1.